The first kappa shape index (κ1) is 13.1. The number of carbonyl (C=O) groups excluding carboxylic acids is 1. The third-order valence-electron chi connectivity index (χ3n) is 2.86. The van der Waals surface area contributed by atoms with Crippen LogP contribution < -0.4 is 11.1 Å². The van der Waals surface area contributed by atoms with Gasteiger partial charge in [-0.05, 0) is 19.1 Å². The van der Waals surface area contributed by atoms with E-state index in [1.54, 1.807) is 31.0 Å². The highest BCUT2D eigenvalue weighted by Crippen LogP contribution is 2.17. The van der Waals surface area contributed by atoms with Crippen molar-refractivity contribution in [2.75, 3.05) is 5.73 Å². The molecule has 2 rings (SSSR count). The first-order valence-electron chi connectivity index (χ1n) is 5.78. The van der Waals surface area contributed by atoms with Gasteiger partial charge in [0.1, 0.15) is 5.82 Å². The molecular formula is C13H15FN4O. The lowest BCUT2D eigenvalue weighted by molar-refractivity contribution is 0.0950. The topological polar surface area (TPSA) is 72.9 Å². The van der Waals surface area contributed by atoms with Crippen molar-refractivity contribution in [3.8, 4) is 0 Å². The van der Waals surface area contributed by atoms with Crippen molar-refractivity contribution < 1.29 is 9.18 Å². The maximum absolute atomic E-state index is 13.5. The largest absolute Gasteiger partial charge is 0.398 e. The second-order valence-corrected chi connectivity index (χ2v) is 4.38. The minimum Gasteiger partial charge on any atom is -0.398 e. The molecule has 0 fully saturated rings. The van der Waals surface area contributed by atoms with E-state index in [1.165, 1.54) is 12.1 Å². The summed E-state index contributed by atoms with van der Waals surface area (Å²) in [6, 6.07) is 2.65. The van der Waals surface area contributed by atoms with E-state index in [1.807, 2.05) is 0 Å². The number of hydrogen-bond acceptors (Lipinski definition) is 3. The van der Waals surface area contributed by atoms with Crippen LogP contribution in [0.25, 0.3) is 0 Å². The van der Waals surface area contributed by atoms with E-state index >= 15 is 0 Å². The Kier molecular flexibility index (Phi) is 3.50. The number of nitrogen functional groups attached to an aromatic ring is 1. The van der Waals surface area contributed by atoms with Crippen LogP contribution in [0.15, 0.2) is 24.5 Å². The number of carbonyl (C=O) groups is 1. The first-order chi connectivity index (χ1) is 8.97. The minimum atomic E-state index is -0.480. The van der Waals surface area contributed by atoms with Crippen molar-refractivity contribution in [2.45, 2.75) is 13.5 Å². The zero-order valence-corrected chi connectivity index (χ0v) is 10.8. The Morgan fingerprint density at radius 1 is 1.53 bits per heavy atom. The molecule has 5 nitrogen and oxygen atoms in total. The molecule has 2 aromatic rings. The van der Waals surface area contributed by atoms with Gasteiger partial charge in [0.15, 0.2) is 0 Å². The van der Waals surface area contributed by atoms with Gasteiger partial charge in [0.25, 0.3) is 5.91 Å². The molecule has 1 amide bonds. The maximum atomic E-state index is 13.5. The molecule has 0 aliphatic rings. The minimum absolute atomic E-state index is 0.212. The normalized spacial score (nSPS) is 10.5. The van der Waals surface area contributed by atoms with Crippen molar-refractivity contribution in [1.29, 1.82) is 0 Å². The average Bonchev–Trinajstić information content (AvgIpc) is 2.78. The number of nitrogens with one attached hydrogen (secondary N) is 1. The zero-order valence-electron chi connectivity index (χ0n) is 10.8. The maximum Gasteiger partial charge on any atom is 0.251 e. The van der Waals surface area contributed by atoms with Crippen molar-refractivity contribution in [3.05, 3.63) is 47.0 Å². The van der Waals surface area contributed by atoms with Crippen LogP contribution in [-0.4, -0.2) is 15.7 Å². The van der Waals surface area contributed by atoms with E-state index in [0.717, 1.165) is 5.56 Å². The second-order valence-electron chi connectivity index (χ2n) is 4.38. The summed E-state index contributed by atoms with van der Waals surface area (Å²) < 4.78 is 15.1. The van der Waals surface area contributed by atoms with Crippen LogP contribution >= 0.6 is 0 Å². The molecule has 0 atom stereocenters. The number of nitrogens with two attached hydrogens (primary N) is 1. The fraction of sp³-hybridized carbons (Fsp3) is 0.231. The molecule has 0 saturated carbocycles. The van der Waals surface area contributed by atoms with Gasteiger partial charge in [-0.25, -0.2) is 4.39 Å². The number of rotatable bonds is 3. The lowest BCUT2D eigenvalue weighted by Gasteiger charge is -2.07. The monoisotopic (exact) mass is 262 g/mol. The Labute approximate surface area is 110 Å². The number of amides is 1. The summed E-state index contributed by atoms with van der Waals surface area (Å²) in [5.41, 5.74) is 7.34. The zero-order chi connectivity index (χ0) is 14.0. The molecule has 1 heterocycles. The fourth-order valence-electron chi connectivity index (χ4n) is 1.68. The molecule has 0 saturated heterocycles. The standard InChI is InChI=1S/C13H15FN4O/c1-8-11(14)3-10(4-12(8)15)13(19)16-5-9-6-17-18(2)7-9/h3-4,6-7H,5,15H2,1-2H3,(H,16,19). The quantitative estimate of drug-likeness (QED) is 0.821. The van der Waals surface area contributed by atoms with E-state index in [-0.39, 0.29) is 17.2 Å². The highest BCUT2D eigenvalue weighted by Gasteiger charge is 2.11. The Hall–Kier alpha value is -2.37. The van der Waals surface area contributed by atoms with Crippen LogP contribution in [0.1, 0.15) is 21.5 Å². The second kappa shape index (κ2) is 5.09. The van der Waals surface area contributed by atoms with Crippen molar-refractivity contribution in [1.82, 2.24) is 15.1 Å². The molecule has 19 heavy (non-hydrogen) atoms. The molecule has 6 heteroatoms. The SMILES string of the molecule is Cc1c(N)cc(C(=O)NCc2cnn(C)c2)cc1F. The number of halogens is 1. The first-order valence-corrected chi connectivity index (χ1v) is 5.78. The molecule has 0 radical (unpaired) electrons. The molecular weight excluding hydrogens is 247 g/mol. The van der Waals surface area contributed by atoms with Crippen molar-refractivity contribution >= 4 is 11.6 Å². The summed E-state index contributed by atoms with van der Waals surface area (Å²) in [7, 11) is 1.79. The molecule has 0 aliphatic heterocycles. The predicted molar refractivity (Wildman–Crippen MR) is 69.9 cm³/mol. The van der Waals surface area contributed by atoms with Crippen LogP contribution in [0.4, 0.5) is 10.1 Å². The van der Waals surface area contributed by atoms with Gasteiger partial charge >= 0.3 is 0 Å². The molecule has 1 aromatic heterocycles. The Bertz CT molecular complexity index is 598. The van der Waals surface area contributed by atoms with Gasteiger partial charge in [0.2, 0.25) is 0 Å². The van der Waals surface area contributed by atoms with E-state index in [2.05, 4.69) is 10.4 Å². The van der Waals surface area contributed by atoms with Crippen LogP contribution in [0, 0.1) is 12.7 Å². The van der Waals surface area contributed by atoms with Crippen LogP contribution in [-0.2, 0) is 13.6 Å². The summed E-state index contributed by atoms with van der Waals surface area (Å²) in [4.78, 5) is 11.9. The third kappa shape index (κ3) is 2.90. The highest BCUT2D eigenvalue weighted by atomic mass is 19.1. The molecule has 1 aromatic carbocycles. The smallest absolute Gasteiger partial charge is 0.251 e. The molecule has 0 aliphatic carbocycles. The van der Waals surface area contributed by atoms with Gasteiger partial charge in [0.05, 0.1) is 6.20 Å². The van der Waals surface area contributed by atoms with Gasteiger partial charge in [-0.2, -0.15) is 5.10 Å². The molecule has 0 unspecified atom stereocenters. The van der Waals surface area contributed by atoms with Gasteiger partial charge in [-0.15, -0.1) is 0 Å². The fourth-order valence-corrected chi connectivity index (χ4v) is 1.68. The summed E-state index contributed by atoms with van der Waals surface area (Å²) >= 11 is 0. The lowest BCUT2D eigenvalue weighted by Crippen LogP contribution is -2.23. The number of hydrogen-bond donors (Lipinski definition) is 2. The van der Waals surface area contributed by atoms with Crippen LogP contribution in [0.5, 0.6) is 0 Å². The van der Waals surface area contributed by atoms with E-state index in [0.29, 0.717) is 12.1 Å². The lowest BCUT2D eigenvalue weighted by atomic mass is 10.1. The van der Waals surface area contributed by atoms with Crippen LogP contribution in [0.2, 0.25) is 0 Å². The molecule has 3 N–H and O–H groups in total. The summed E-state index contributed by atoms with van der Waals surface area (Å²) in [6.45, 7) is 1.91. The highest BCUT2D eigenvalue weighted by molar-refractivity contribution is 5.95. The summed E-state index contributed by atoms with van der Waals surface area (Å²) in [5, 5.41) is 6.68. The van der Waals surface area contributed by atoms with Crippen molar-refractivity contribution in [2.24, 2.45) is 7.05 Å². The predicted octanol–water partition coefficient (Wildman–Crippen LogP) is 1.38. The third-order valence-corrected chi connectivity index (χ3v) is 2.86. The van der Waals surface area contributed by atoms with E-state index in [4.69, 9.17) is 5.73 Å². The van der Waals surface area contributed by atoms with Crippen molar-refractivity contribution in [3.63, 3.8) is 0 Å². The van der Waals surface area contributed by atoms with Gasteiger partial charge < -0.3 is 11.1 Å². The number of aromatic nitrogens is 2. The molecule has 100 valence electrons. The number of anilines is 1. The van der Waals surface area contributed by atoms with Crippen LogP contribution in [0.3, 0.4) is 0 Å². The van der Waals surface area contributed by atoms with Gasteiger partial charge in [-0.1, -0.05) is 0 Å². The number of aryl methyl sites for hydroxylation is 1. The summed E-state index contributed by atoms with van der Waals surface area (Å²) in [6.07, 6.45) is 3.45. The van der Waals surface area contributed by atoms with Gasteiger partial charge in [0, 0.05) is 42.2 Å². The summed E-state index contributed by atoms with van der Waals surface area (Å²) in [5.74, 6) is -0.846. The Balaban J connectivity index is 2.08. The Morgan fingerprint density at radius 2 is 2.26 bits per heavy atom. The molecule has 0 spiro atoms. The number of benzene rings is 1. The Morgan fingerprint density at radius 3 is 2.84 bits per heavy atom. The van der Waals surface area contributed by atoms with E-state index in [9.17, 15) is 9.18 Å². The molecule has 0 bridgehead atoms. The average molecular weight is 262 g/mol. The number of nitrogens with zero attached hydrogens (tertiary/aromatic N) is 2. The van der Waals surface area contributed by atoms with Gasteiger partial charge in [-0.3, -0.25) is 9.48 Å². The van der Waals surface area contributed by atoms with E-state index < -0.39 is 5.82 Å².